The van der Waals surface area contributed by atoms with E-state index < -0.39 is 0 Å². The van der Waals surface area contributed by atoms with Crippen LogP contribution >= 0.6 is 0 Å². The topological polar surface area (TPSA) is 42.7 Å². The molecular weight excluding hydrogens is 236 g/mol. The van der Waals surface area contributed by atoms with Gasteiger partial charge in [0.15, 0.2) is 0 Å². The van der Waals surface area contributed by atoms with Gasteiger partial charge in [0.25, 0.3) is 0 Å². The van der Waals surface area contributed by atoms with Gasteiger partial charge in [-0.3, -0.25) is 4.68 Å². The maximum absolute atomic E-state index is 4.23. The van der Waals surface area contributed by atoms with Crippen molar-refractivity contribution in [2.75, 3.05) is 0 Å². The number of aromatic nitrogens is 3. The second-order valence-electron chi connectivity index (χ2n) is 5.52. The highest BCUT2D eigenvalue weighted by Gasteiger charge is 2.17. The van der Waals surface area contributed by atoms with Crippen molar-refractivity contribution in [3.63, 3.8) is 0 Å². The summed E-state index contributed by atoms with van der Waals surface area (Å²) in [4.78, 5) is 4.23. The van der Waals surface area contributed by atoms with Gasteiger partial charge < -0.3 is 5.32 Å². The Labute approximate surface area is 114 Å². The molecule has 2 aromatic rings. The van der Waals surface area contributed by atoms with Crippen molar-refractivity contribution in [1.82, 2.24) is 20.1 Å². The zero-order chi connectivity index (χ0) is 13.7. The maximum Gasteiger partial charge on any atom is 0.140 e. The summed E-state index contributed by atoms with van der Waals surface area (Å²) in [6.45, 7) is 5.21. The summed E-state index contributed by atoms with van der Waals surface area (Å²) in [5.41, 5.74) is 1.47. The molecule has 2 rings (SSSR count). The van der Waals surface area contributed by atoms with Crippen molar-refractivity contribution in [3.8, 4) is 0 Å². The first-order valence-corrected chi connectivity index (χ1v) is 6.69. The van der Waals surface area contributed by atoms with Crippen LogP contribution < -0.4 is 5.32 Å². The molecule has 4 nitrogen and oxygen atoms in total. The Balaban J connectivity index is 1.83. The molecule has 0 atom stereocenters. The normalized spacial score (nSPS) is 11.7. The summed E-state index contributed by atoms with van der Waals surface area (Å²) < 4.78 is 1.81. The Morgan fingerprint density at radius 3 is 2.58 bits per heavy atom. The van der Waals surface area contributed by atoms with E-state index in [-0.39, 0.29) is 5.54 Å². The Hall–Kier alpha value is -1.68. The second-order valence-corrected chi connectivity index (χ2v) is 5.52. The van der Waals surface area contributed by atoms with Crippen LogP contribution in [0.15, 0.2) is 36.7 Å². The highest BCUT2D eigenvalue weighted by Crippen LogP contribution is 2.14. The van der Waals surface area contributed by atoms with Crippen molar-refractivity contribution in [3.05, 3.63) is 48.0 Å². The fourth-order valence-electron chi connectivity index (χ4n) is 1.99. The van der Waals surface area contributed by atoms with Gasteiger partial charge in [0.05, 0.1) is 6.54 Å². The van der Waals surface area contributed by atoms with Crippen molar-refractivity contribution in [2.24, 2.45) is 7.05 Å². The zero-order valence-electron chi connectivity index (χ0n) is 11.9. The molecule has 1 aromatic carbocycles. The quantitative estimate of drug-likeness (QED) is 0.864. The van der Waals surface area contributed by atoms with E-state index in [1.165, 1.54) is 5.56 Å². The predicted molar refractivity (Wildman–Crippen MR) is 76.7 cm³/mol. The van der Waals surface area contributed by atoms with Gasteiger partial charge in [-0.2, -0.15) is 5.10 Å². The van der Waals surface area contributed by atoms with Crippen LogP contribution in [-0.2, 0) is 20.0 Å². The molecule has 0 saturated heterocycles. The minimum Gasteiger partial charge on any atom is -0.305 e. The van der Waals surface area contributed by atoms with Crippen molar-refractivity contribution >= 4 is 0 Å². The summed E-state index contributed by atoms with van der Waals surface area (Å²) in [5, 5.41) is 7.63. The molecule has 0 aliphatic rings. The van der Waals surface area contributed by atoms with Crippen LogP contribution in [0.1, 0.15) is 31.7 Å². The lowest BCUT2D eigenvalue weighted by molar-refractivity contribution is 0.353. The molecule has 0 aliphatic heterocycles. The smallest absolute Gasteiger partial charge is 0.140 e. The minimum absolute atomic E-state index is 0.0851. The van der Waals surface area contributed by atoms with Crippen LogP contribution in [0.5, 0.6) is 0 Å². The van der Waals surface area contributed by atoms with E-state index in [1.807, 2.05) is 7.05 Å². The second kappa shape index (κ2) is 5.97. The number of hydrogen-bond acceptors (Lipinski definition) is 3. The fourth-order valence-corrected chi connectivity index (χ4v) is 1.99. The van der Waals surface area contributed by atoms with Gasteiger partial charge >= 0.3 is 0 Å². The summed E-state index contributed by atoms with van der Waals surface area (Å²) in [6.07, 6.45) is 3.77. The molecule has 19 heavy (non-hydrogen) atoms. The molecule has 0 aliphatic carbocycles. The molecule has 102 valence electrons. The molecular formula is C15H22N4. The van der Waals surface area contributed by atoms with Crippen LogP contribution in [0.4, 0.5) is 0 Å². The lowest BCUT2D eigenvalue weighted by Crippen LogP contribution is -2.39. The molecule has 0 unspecified atom stereocenters. The zero-order valence-corrected chi connectivity index (χ0v) is 11.9. The van der Waals surface area contributed by atoms with Crippen LogP contribution in [0, 0.1) is 0 Å². The van der Waals surface area contributed by atoms with E-state index >= 15 is 0 Å². The number of aryl methyl sites for hydroxylation is 2. The highest BCUT2D eigenvalue weighted by molar-refractivity contribution is 5.15. The summed E-state index contributed by atoms with van der Waals surface area (Å²) >= 11 is 0. The summed E-state index contributed by atoms with van der Waals surface area (Å²) in [7, 11) is 1.92. The van der Waals surface area contributed by atoms with Gasteiger partial charge in [-0.15, -0.1) is 0 Å². The molecule has 0 fully saturated rings. The lowest BCUT2D eigenvalue weighted by atomic mass is 9.95. The van der Waals surface area contributed by atoms with E-state index in [2.05, 4.69) is 59.6 Å². The summed E-state index contributed by atoms with van der Waals surface area (Å²) in [5.74, 6) is 0.966. The maximum atomic E-state index is 4.23. The van der Waals surface area contributed by atoms with Crippen LogP contribution in [0.3, 0.4) is 0 Å². The van der Waals surface area contributed by atoms with Gasteiger partial charge in [-0.25, -0.2) is 4.98 Å². The van der Waals surface area contributed by atoms with Crippen LogP contribution in [0.25, 0.3) is 0 Å². The van der Waals surface area contributed by atoms with Crippen LogP contribution in [0.2, 0.25) is 0 Å². The molecule has 0 bridgehead atoms. The Bertz CT molecular complexity index is 502. The van der Waals surface area contributed by atoms with Gasteiger partial charge in [-0.05, 0) is 32.3 Å². The van der Waals surface area contributed by atoms with Gasteiger partial charge in [0.2, 0.25) is 0 Å². The van der Waals surface area contributed by atoms with Gasteiger partial charge in [0.1, 0.15) is 12.2 Å². The SMILES string of the molecule is Cn1ncnc1CNC(C)(C)CCc1ccccc1. The van der Waals surface area contributed by atoms with Crippen molar-refractivity contribution in [1.29, 1.82) is 0 Å². The molecule has 0 radical (unpaired) electrons. The first-order chi connectivity index (χ1) is 9.07. The van der Waals surface area contributed by atoms with Gasteiger partial charge in [-0.1, -0.05) is 30.3 Å². The average molecular weight is 258 g/mol. The number of rotatable bonds is 6. The average Bonchev–Trinajstić information content (AvgIpc) is 2.81. The van der Waals surface area contributed by atoms with Crippen LogP contribution in [-0.4, -0.2) is 20.3 Å². The summed E-state index contributed by atoms with van der Waals surface area (Å²) in [6, 6.07) is 10.6. The van der Waals surface area contributed by atoms with E-state index in [9.17, 15) is 0 Å². The molecule has 1 aromatic heterocycles. The third kappa shape index (κ3) is 4.17. The number of hydrogen-bond donors (Lipinski definition) is 1. The van der Waals surface area contributed by atoms with Gasteiger partial charge in [0, 0.05) is 12.6 Å². The Kier molecular flexibility index (Phi) is 4.32. The van der Waals surface area contributed by atoms with E-state index in [0.717, 1.165) is 25.2 Å². The predicted octanol–water partition coefficient (Wildman–Crippen LogP) is 2.32. The largest absolute Gasteiger partial charge is 0.305 e. The lowest BCUT2D eigenvalue weighted by Gasteiger charge is -2.26. The van der Waals surface area contributed by atoms with E-state index in [0.29, 0.717) is 0 Å². The third-order valence-corrected chi connectivity index (χ3v) is 3.41. The van der Waals surface area contributed by atoms with E-state index in [1.54, 1.807) is 11.0 Å². The highest BCUT2D eigenvalue weighted by atomic mass is 15.3. The first kappa shape index (κ1) is 13.7. The molecule has 0 saturated carbocycles. The molecule has 0 amide bonds. The fraction of sp³-hybridized carbons (Fsp3) is 0.467. The molecule has 4 heteroatoms. The van der Waals surface area contributed by atoms with Crippen molar-refractivity contribution < 1.29 is 0 Å². The van der Waals surface area contributed by atoms with E-state index in [4.69, 9.17) is 0 Å². The monoisotopic (exact) mass is 258 g/mol. The Morgan fingerprint density at radius 1 is 1.21 bits per heavy atom. The number of nitrogens with one attached hydrogen (secondary N) is 1. The molecule has 0 spiro atoms. The standard InChI is InChI=1S/C15H22N4/c1-15(2,10-9-13-7-5-4-6-8-13)17-11-14-16-12-18-19(14)3/h4-8,12,17H,9-11H2,1-3H3. The molecule has 1 N–H and O–H groups in total. The molecule has 1 heterocycles. The Morgan fingerprint density at radius 2 is 1.95 bits per heavy atom. The first-order valence-electron chi connectivity index (χ1n) is 6.69. The number of nitrogens with zero attached hydrogens (tertiary/aromatic N) is 3. The van der Waals surface area contributed by atoms with Crippen molar-refractivity contribution in [2.45, 2.75) is 38.8 Å². The third-order valence-electron chi connectivity index (χ3n) is 3.41. The minimum atomic E-state index is 0.0851. The number of benzene rings is 1.